The molecule has 1 unspecified atom stereocenters. The topological polar surface area (TPSA) is 65.0 Å². The van der Waals surface area contributed by atoms with E-state index in [9.17, 15) is 9.90 Å². The summed E-state index contributed by atoms with van der Waals surface area (Å²) in [6.07, 6.45) is 0.959. The van der Waals surface area contributed by atoms with Crippen LogP contribution in [-0.4, -0.2) is 35.4 Å². The molecule has 2 saturated heterocycles. The molecule has 0 aromatic heterocycles. The Morgan fingerprint density at radius 2 is 1.68 bits per heavy atom. The van der Waals surface area contributed by atoms with Gasteiger partial charge in [0.05, 0.1) is 12.0 Å². The van der Waals surface area contributed by atoms with Gasteiger partial charge in [-0.1, -0.05) is 54.9 Å². The molecule has 2 aliphatic heterocycles. The van der Waals surface area contributed by atoms with Crippen molar-refractivity contribution in [3.63, 3.8) is 0 Å². The maximum atomic E-state index is 11.9. The molecule has 1 N–H and O–H groups in total. The minimum atomic E-state index is -0.803. The smallest absolute Gasteiger partial charge is 0.306 e. The zero-order valence-corrected chi connectivity index (χ0v) is 18.8. The Hall–Kier alpha value is -1.92. The first-order valence-electron chi connectivity index (χ1n) is 10.9. The van der Waals surface area contributed by atoms with Crippen LogP contribution < -0.4 is 0 Å². The predicted molar refractivity (Wildman–Crippen MR) is 119 cm³/mol. The van der Waals surface area contributed by atoms with Crippen molar-refractivity contribution in [2.45, 2.75) is 64.3 Å². The number of carboxylic acids is 1. The molecule has 0 amide bonds. The van der Waals surface area contributed by atoms with Crippen molar-refractivity contribution in [1.82, 2.24) is 0 Å². The molecule has 0 radical (unpaired) electrons. The summed E-state index contributed by atoms with van der Waals surface area (Å²) < 4.78 is 18.1. The Bertz CT molecular complexity index is 909. The Morgan fingerprint density at radius 3 is 2.26 bits per heavy atom. The van der Waals surface area contributed by atoms with Gasteiger partial charge < -0.3 is 19.3 Å². The lowest BCUT2D eigenvalue weighted by Crippen LogP contribution is -2.38. The fraction of sp³-hybridized carbons (Fsp3) is 0.480. The van der Waals surface area contributed by atoms with Gasteiger partial charge in [0, 0.05) is 10.9 Å². The van der Waals surface area contributed by atoms with E-state index >= 15 is 0 Å². The summed E-state index contributed by atoms with van der Waals surface area (Å²) in [6.45, 7) is 5.58. The molecule has 2 fully saturated rings. The highest BCUT2D eigenvalue weighted by Crippen LogP contribution is 2.45. The standard InChI is InChI=1S/C25H29ClO5/c1-4-19(23(27)28)21-20(29-24-22(21)30-25(2,3)31-24)14-7-15-5-8-16(9-6-15)17-10-12-18(26)13-11-17/h5-6,8-13,19-22,24H,4,7,14H2,1-3H3,(H,27,28)/t19?,20-,21-,22-,24-/m1/s1. The lowest BCUT2D eigenvalue weighted by molar-refractivity contribution is -0.213. The van der Waals surface area contributed by atoms with Crippen LogP contribution in [0.4, 0.5) is 0 Å². The van der Waals surface area contributed by atoms with E-state index in [4.69, 9.17) is 25.8 Å². The maximum Gasteiger partial charge on any atom is 0.306 e. The third kappa shape index (κ3) is 4.80. The summed E-state index contributed by atoms with van der Waals surface area (Å²) in [7, 11) is 0. The Kier molecular flexibility index (Phi) is 6.40. The number of rotatable bonds is 7. The highest BCUT2D eigenvalue weighted by atomic mass is 35.5. The van der Waals surface area contributed by atoms with Crippen LogP contribution in [-0.2, 0) is 25.4 Å². The molecule has 2 aliphatic rings. The van der Waals surface area contributed by atoms with Crippen molar-refractivity contribution in [2.75, 3.05) is 0 Å². The van der Waals surface area contributed by atoms with Crippen molar-refractivity contribution < 1.29 is 24.1 Å². The number of carboxylic acid groups (broad SMARTS) is 1. The summed E-state index contributed by atoms with van der Waals surface area (Å²) in [5, 5.41) is 10.5. The molecule has 4 rings (SSSR count). The van der Waals surface area contributed by atoms with Crippen molar-refractivity contribution in [3.8, 4) is 11.1 Å². The van der Waals surface area contributed by atoms with Gasteiger partial charge in [0.1, 0.15) is 6.10 Å². The van der Waals surface area contributed by atoms with E-state index in [1.165, 1.54) is 5.56 Å². The van der Waals surface area contributed by atoms with Crippen LogP contribution in [0.3, 0.4) is 0 Å². The number of hydrogen-bond donors (Lipinski definition) is 1. The van der Waals surface area contributed by atoms with Crippen LogP contribution in [0.25, 0.3) is 11.1 Å². The zero-order chi connectivity index (χ0) is 22.2. The second-order valence-corrected chi connectivity index (χ2v) is 9.25. The highest BCUT2D eigenvalue weighted by Gasteiger charge is 2.57. The Labute approximate surface area is 188 Å². The molecule has 0 spiro atoms. The van der Waals surface area contributed by atoms with E-state index in [-0.39, 0.29) is 18.1 Å². The van der Waals surface area contributed by atoms with Gasteiger partial charge in [0.15, 0.2) is 12.1 Å². The molecule has 6 heteroatoms. The lowest BCUT2D eigenvalue weighted by atomic mass is 9.81. The van der Waals surface area contributed by atoms with Gasteiger partial charge in [0.25, 0.3) is 0 Å². The first kappa shape index (κ1) is 22.3. The second-order valence-electron chi connectivity index (χ2n) is 8.82. The Morgan fingerprint density at radius 1 is 1.06 bits per heavy atom. The Balaban J connectivity index is 1.45. The maximum absolute atomic E-state index is 11.9. The lowest BCUT2D eigenvalue weighted by Gasteiger charge is -2.29. The van der Waals surface area contributed by atoms with Crippen molar-refractivity contribution >= 4 is 17.6 Å². The van der Waals surface area contributed by atoms with Gasteiger partial charge in [-0.25, -0.2) is 0 Å². The van der Waals surface area contributed by atoms with Crippen molar-refractivity contribution in [2.24, 2.45) is 11.8 Å². The normalized spacial score (nSPS) is 27.7. The number of carbonyl (C=O) groups is 1. The molecule has 2 aromatic rings. The molecule has 0 aliphatic carbocycles. The monoisotopic (exact) mass is 444 g/mol. The average Bonchev–Trinajstić information content (AvgIpc) is 3.20. The zero-order valence-electron chi connectivity index (χ0n) is 18.1. The van der Waals surface area contributed by atoms with Gasteiger partial charge in [-0.15, -0.1) is 0 Å². The van der Waals surface area contributed by atoms with Crippen molar-refractivity contribution in [3.05, 3.63) is 59.1 Å². The molecule has 166 valence electrons. The summed E-state index contributed by atoms with van der Waals surface area (Å²) >= 11 is 5.98. The van der Waals surface area contributed by atoms with Gasteiger partial charge in [0.2, 0.25) is 0 Å². The molecule has 5 nitrogen and oxygen atoms in total. The van der Waals surface area contributed by atoms with Crippen LogP contribution in [0, 0.1) is 11.8 Å². The number of aryl methyl sites for hydroxylation is 1. The van der Waals surface area contributed by atoms with E-state index in [0.29, 0.717) is 6.42 Å². The van der Waals surface area contributed by atoms with E-state index < -0.39 is 24.0 Å². The molecule has 5 atom stereocenters. The predicted octanol–water partition coefficient (Wildman–Crippen LogP) is 5.54. The second kappa shape index (κ2) is 8.91. The van der Waals surface area contributed by atoms with Crippen molar-refractivity contribution in [1.29, 1.82) is 0 Å². The van der Waals surface area contributed by atoms with Gasteiger partial charge >= 0.3 is 5.97 Å². The SMILES string of the molecule is CCC(C(=O)O)[C@H]1[C@H]2OC(C)(C)O[C@H]2O[C@@H]1CCc1ccc(-c2ccc(Cl)cc2)cc1. The average molecular weight is 445 g/mol. The van der Waals surface area contributed by atoms with Gasteiger partial charge in [-0.2, -0.15) is 0 Å². The number of hydrogen-bond acceptors (Lipinski definition) is 4. The number of fused-ring (bicyclic) bond motifs is 1. The summed E-state index contributed by atoms with van der Waals surface area (Å²) in [5.74, 6) is -2.32. The molecule has 0 bridgehead atoms. The first-order valence-corrected chi connectivity index (χ1v) is 11.2. The minimum Gasteiger partial charge on any atom is -0.481 e. The van der Waals surface area contributed by atoms with E-state index in [2.05, 4.69) is 24.3 Å². The fourth-order valence-corrected chi connectivity index (χ4v) is 4.90. The highest BCUT2D eigenvalue weighted by molar-refractivity contribution is 6.30. The first-order chi connectivity index (χ1) is 14.8. The summed E-state index contributed by atoms with van der Waals surface area (Å²) in [5.41, 5.74) is 3.43. The molecule has 2 heterocycles. The summed E-state index contributed by atoms with van der Waals surface area (Å²) in [6, 6.07) is 16.2. The van der Waals surface area contributed by atoms with Crippen LogP contribution >= 0.6 is 11.6 Å². The third-order valence-electron chi connectivity index (χ3n) is 6.28. The third-order valence-corrected chi connectivity index (χ3v) is 6.53. The minimum absolute atomic E-state index is 0.219. The van der Waals surface area contributed by atoms with E-state index in [1.54, 1.807) is 0 Å². The molecule has 2 aromatic carbocycles. The number of aliphatic carboxylic acids is 1. The van der Waals surface area contributed by atoms with Crippen LogP contribution in [0.15, 0.2) is 48.5 Å². The van der Waals surface area contributed by atoms with Gasteiger partial charge in [-0.05, 0) is 61.9 Å². The van der Waals surface area contributed by atoms with Gasteiger partial charge in [-0.3, -0.25) is 4.79 Å². The van der Waals surface area contributed by atoms with E-state index in [0.717, 1.165) is 29.0 Å². The quantitative estimate of drug-likeness (QED) is 0.607. The number of benzene rings is 2. The number of ether oxygens (including phenoxy) is 3. The molecule has 31 heavy (non-hydrogen) atoms. The summed E-state index contributed by atoms with van der Waals surface area (Å²) in [4.78, 5) is 11.9. The van der Waals surface area contributed by atoms with Crippen LogP contribution in [0.1, 0.15) is 39.2 Å². The molecular weight excluding hydrogens is 416 g/mol. The molecule has 0 saturated carbocycles. The van der Waals surface area contributed by atoms with Crippen LogP contribution in [0.5, 0.6) is 0 Å². The fourth-order valence-electron chi connectivity index (χ4n) is 4.77. The number of halogens is 1. The van der Waals surface area contributed by atoms with E-state index in [1.807, 2.05) is 45.0 Å². The largest absolute Gasteiger partial charge is 0.481 e. The molecular formula is C25H29ClO5. The van der Waals surface area contributed by atoms with Crippen LogP contribution in [0.2, 0.25) is 5.02 Å².